The number of hydrogen-bond acceptors (Lipinski definition) is 3. The van der Waals surface area contributed by atoms with Gasteiger partial charge in [-0.3, -0.25) is 4.79 Å². The average molecular weight is 212 g/mol. The molecular weight excluding hydrogens is 192 g/mol. The summed E-state index contributed by atoms with van der Waals surface area (Å²) in [5.41, 5.74) is 0. The Morgan fingerprint density at radius 1 is 1.40 bits per heavy atom. The van der Waals surface area contributed by atoms with Crippen molar-refractivity contribution in [1.29, 1.82) is 0 Å². The van der Waals surface area contributed by atoms with Gasteiger partial charge in [0.25, 0.3) is 0 Å². The van der Waals surface area contributed by atoms with E-state index in [4.69, 9.17) is 4.74 Å². The lowest BCUT2D eigenvalue weighted by atomic mass is 10.1. The fourth-order valence-electron chi connectivity index (χ4n) is 2.27. The summed E-state index contributed by atoms with van der Waals surface area (Å²) in [7, 11) is 0. The Kier molecular flexibility index (Phi) is 3.97. The minimum Gasteiger partial charge on any atom is -0.368 e. The van der Waals surface area contributed by atoms with Crippen LogP contribution in [-0.2, 0) is 9.53 Å². The Balaban J connectivity index is 1.58. The molecule has 0 spiro atoms. The first-order valence-electron chi connectivity index (χ1n) is 5.99. The van der Waals surface area contributed by atoms with Crippen LogP contribution in [0.1, 0.15) is 32.1 Å². The maximum atomic E-state index is 11.6. The highest BCUT2D eigenvalue weighted by molar-refractivity contribution is 5.80. The lowest BCUT2D eigenvalue weighted by Crippen LogP contribution is -2.36. The van der Waals surface area contributed by atoms with Crippen molar-refractivity contribution in [3.05, 3.63) is 0 Å². The maximum Gasteiger partial charge on any atom is 0.249 e. The Morgan fingerprint density at radius 3 is 3.00 bits per heavy atom. The second-order valence-corrected chi connectivity index (χ2v) is 4.37. The zero-order chi connectivity index (χ0) is 10.5. The van der Waals surface area contributed by atoms with E-state index in [2.05, 4.69) is 10.6 Å². The van der Waals surface area contributed by atoms with Gasteiger partial charge in [-0.15, -0.1) is 0 Å². The Bertz CT molecular complexity index is 209. The largest absolute Gasteiger partial charge is 0.368 e. The Morgan fingerprint density at radius 2 is 2.33 bits per heavy atom. The molecule has 0 bridgehead atoms. The normalized spacial score (nSPS) is 30.7. The molecule has 1 unspecified atom stereocenters. The molecule has 2 heterocycles. The zero-order valence-electron chi connectivity index (χ0n) is 9.13. The molecule has 0 aromatic rings. The number of amides is 1. The predicted molar refractivity (Wildman–Crippen MR) is 57.6 cm³/mol. The topological polar surface area (TPSA) is 50.4 Å². The van der Waals surface area contributed by atoms with E-state index in [0.717, 1.165) is 39.0 Å². The van der Waals surface area contributed by atoms with Crippen LogP contribution in [0.3, 0.4) is 0 Å². The lowest BCUT2D eigenvalue weighted by Gasteiger charge is -2.13. The van der Waals surface area contributed by atoms with Gasteiger partial charge in [0.1, 0.15) is 6.10 Å². The molecule has 2 N–H and O–H groups in total. The van der Waals surface area contributed by atoms with Gasteiger partial charge >= 0.3 is 0 Å². The second kappa shape index (κ2) is 5.47. The van der Waals surface area contributed by atoms with Gasteiger partial charge in [-0.1, -0.05) is 0 Å². The Hall–Kier alpha value is -0.610. The van der Waals surface area contributed by atoms with Gasteiger partial charge in [-0.05, 0) is 38.6 Å². The van der Waals surface area contributed by atoms with Crippen molar-refractivity contribution in [2.45, 2.75) is 44.2 Å². The molecule has 2 rings (SSSR count). The van der Waals surface area contributed by atoms with E-state index in [9.17, 15) is 4.79 Å². The minimum atomic E-state index is -0.179. The van der Waals surface area contributed by atoms with Crippen LogP contribution in [0.25, 0.3) is 0 Å². The van der Waals surface area contributed by atoms with Gasteiger partial charge in [0.15, 0.2) is 0 Å². The summed E-state index contributed by atoms with van der Waals surface area (Å²) in [5, 5.41) is 6.36. The standard InChI is InChI=1S/C11H20N2O2/c14-11(10-4-2-8-15-10)13-7-5-9-3-1-6-12-9/h9-10,12H,1-8H2,(H,13,14)/t9-,10?/m0/s1. The number of ether oxygens (including phenoxy) is 1. The summed E-state index contributed by atoms with van der Waals surface area (Å²) in [5.74, 6) is 0.0745. The van der Waals surface area contributed by atoms with Crippen LogP contribution in [0.15, 0.2) is 0 Å². The SMILES string of the molecule is O=C(NCC[C@@H]1CCCN1)C1CCCO1. The van der Waals surface area contributed by atoms with Gasteiger partial charge in [-0.25, -0.2) is 0 Å². The van der Waals surface area contributed by atoms with E-state index < -0.39 is 0 Å². The van der Waals surface area contributed by atoms with Crippen molar-refractivity contribution in [3.63, 3.8) is 0 Å². The fourth-order valence-corrected chi connectivity index (χ4v) is 2.27. The molecular formula is C11H20N2O2. The molecule has 86 valence electrons. The average Bonchev–Trinajstić information content (AvgIpc) is 2.90. The highest BCUT2D eigenvalue weighted by Crippen LogP contribution is 2.12. The smallest absolute Gasteiger partial charge is 0.249 e. The number of carbonyl (C=O) groups is 1. The second-order valence-electron chi connectivity index (χ2n) is 4.37. The molecule has 0 saturated carbocycles. The van der Waals surface area contributed by atoms with Gasteiger partial charge < -0.3 is 15.4 Å². The van der Waals surface area contributed by atoms with Crippen LogP contribution in [0.4, 0.5) is 0 Å². The molecule has 4 nitrogen and oxygen atoms in total. The van der Waals surface area contributed by atoms with Crippen LogP contribution < -0.4 is 10.6 Å². The van der Waals surface area contributed by atoms with Gasteiger partial charge in [-0.2, -0.15) is 0 Å². The summed E-state index contributed by atoms with van der Waals surface area (Å²) in [6.07, 6.45) is 5.27. The molecule has 0 radical (unpaired) electrons. The first kappa shape index (κ1) is 10.9. The Labute approximate surface area is 90.8 Å². The first-order valence-corrected chi connectivity index (χ1v) is 5.99. The number of nitrogens with one attached hydrogen (secondary N) is 2. The molecule has 2 aliphatic rings. The van der Waals surface area contributed by atoms with Crippen molar-refractivity contribution in [3.8, 4) is 0 Å². The molecule has 2 saturated heterocycles. The molecule has 0 aromatic heterocycles. The van der Waals surface area contributed by atoms with Gasteiger partial charge in [0.2, 0.25) is 5.91 Å². The van der Waals surface area contributed by atoms with Gasteiger partial charge in [0.05, 0.1) is 0 Å². The van der Waals surface area contributed by atoms with Crippen molar-refractivity contribution in [2.75, 3.05) is 19.7 Å². The third-order valence-corrected chi connectivity index (χ3v) is 3.18. The lowest BCUT2D eigenvalue weighted by molar-refractivity contribution is -0.130. The first-order chi connectivity index (χ1) is 7.36. The summed E-state index contributed by atoms with van der Waals surface area (Å²) < 4.78 is 5.31. The van der Waals surface area contributed by atoms with Gasteiger partial charge in [0, 0.05) is 19.2 Å². The summed E-state index contributed by atoms with van der Waals surface area (Å²) in [4.78, 5) is 11.6. The zero-order valence-corrected chi connectivity index (χ0v) is 9.13. The molecule has 0 aliphatic carbocycles. The summed E-state index contributed by atoms with van der Waals surface area (Å²) in [6, 6.07) is 0.606. The van der Waals surface area contributed by atoms with Crippen molar-refractivity contribution < 1.29 is 9.53 Å². The highest BCUT2D eigenvalue weighted by atomic mass is 16.5. The summed E-state index contributed by atoms with van der Waals surface area (Å²) in [6.45, 7) is 2.64. The van der Waals surface area contributed by atoms with E-state index in [0.29, 0.717) is 6.04 Å². The van der Waals surface area contributed by atoms with E-state index in [1.54, 1.807) is 0 Å². The van der Waals surface area contributed by atoms with E-state index in [1.807, 2.05) is 0 Å². The molecule has 2 fully saturated rings. The molecule has 0 aromatic carbocycles. The fraction of sp³-hybridized carbons (Fsp3) is 0.909. The monoisotopic (exact) mass is 212 g/mol. The summed E-state index contributed by atoms with van der Waals surface area (Å²) >= 11 is 0. The quantitative estimate of drug-likeness (QED) is 0.710. The number of rotatable bonds is 4. The maximum absolute atomic E-state index is 11.6. The molecule has 15 heavy (non-hydrogen) atoms. The molecule has 1 amide bonds. The van der Waals surface area contributed by atoms with Crippen LogP contribution in [0, 0.1) is 0 Å². The molecule has 2 atom stereocenters. The van der Waals surface area contributed by atoms with Crippen molar-refractivity contribution in [2.24, 2.45) is 0 Å². The third-order valence-electron chi connectivity index (χ3n) is 3.18. The van der Waals surface area contributed by atoms with Crippen LogP contribution in [-0.4, -0.2) is 37.7 Å². The van der Waals surface area contributed by atoms with E-state index in [1.165, 1.54) is 12.8 Å². The van der Waals surface area contributed by atoms with Crippen molar-refractivity contribution >= 4 is 5.91 Å². The van der Waals surface area contributed by atoms with Crippen LogP contribution in [0.2, 0.25) is 0 Å². The number of carbonyl (C=O) groups excluding carboxylic acids is 1. The van der Waals surface area contributed by atoms with Crippen LogP contribution >= 0.6 is 0 Å². The molecule has 2 aliphatic heterocycles. The highest BCUT2D eigenvalue weighted by Gasteiger charge is 2.23. The minimum absolute atomic E-state index is 0.0745. The third kappa shape index (κ3) is 3.18. The number of hydrogen-bond donors (Lipinski definition) is 2. The van der Waals surface area contributed by atoms with E-state index in [-0.39, 0.29) is 12.0 Å². The van der Waals surface area contributed by atoms with Crippen LogP contribution in [0.5, 0.6) is 0 Å². The van der Waals surface area contributed by atoms with Crippen molar-refractivity contribution in [1.82, 2.24) is 10.6 Å². The van der Waals surface area contributed by atoms with E-state index >= 15 is 0 Å². The molecule has 4 heteroatoms. The predicted octanol–water partition coefficient (Wildman–Crippen LogP) is 0.424.